The summed E-state index contributed by atoms with van der Waals surface area (Å²) in [4.78, 5) is 18.0. The van der Waals surface area contributed by atoms with Crippen LogP contribution in [0.4, 0.5) is 25.8 Å². The van der Waals surface area contributed by atoms with Gasteiger partial charge in [0.25, 0.3) is 0 Å². The molecule has 1 amide bonds. The quantitative estimate of drug-likeness (QED) is 0.0891. The summed E-state index contributed by atoms with van der Waals surface area (Å²) in [6.07, 6.45) is 4.02. The van der Waals surface area contributed by atoms with E-state index in [1.165, 1.54) is 0 Å². The van der Waals surface area contributed by atoms with Gasteiger partial charge in [0.1, 0.15) is 18.3 Å². The number of amides is 1. The number of nitrogens with zero attached hydrogens (tertiary/aromatic N) is 2. The fourth-order valence-electron chi connectivity index (χ4n) is 4.00. The molecule has 1 heterocycles. The Balaban J connectivity index is 1.62. The molecular weight excluding hydrogens is 500 g/mol. The molecule has 0 aliphatic carbocycles. The summed E-state index contributed by atoms with van der Waals surface area (Å²) in [5, 5.41) is 9.41. The highest BCUT2D eigenvalue weighted by Crippen LogP contribution is 2.23. The lowest BCUT2D eigenvalue weighted by molar-refractivity contribution is -0.111. The third-order valence-electron chi connectivity index (χ3n) is 6.39. The Kier molecular flexibility index (Phi) is 11.2. The lowest BCUT2D eigenvalue weighted by Crippen LogP contribution is -2.27. The van der Waals surface area contributed by atoms with Crippen molar-refractivity contribution >= 4 is 28.8 Å². The number of alkyl halides is 1. The summed E-state index contributed by atoms with van der Waals surface area (Å²) in [6, 6.07) is 14.7. The molecule has 0 radical (unpaired) electrons. The highest BCUT2D eigenvalue weighted by Gasteiger charge is 2.21. The van der Waals surface area contributed by atoms with Crippen molar-refractivity contribution in [2.45, 2.75) is 32.7 Å². The second-order valence-electron chi connectivity index (χ2n) is 9.37. The number of aliphatic imine (C=N–C) groups is 1. The molecule has 1 aliphatic rings. The number of carbonyl (C=O) groups excluding carboxylic acids is 1. The predicted octanol–water partition coefficient (Wildman–Crippen LogP) is 6.53. The third kappa shape index (κ3) is 9.37. The van der Waals surface area contributed by atoms with E-state index >= 15 is 0 Å². The normalized spacial score (nSPS) is 16.9. The summed E-state index contributed by atoms with van der Waals surface area (Å²) >= 11 is 0. The van der Waals surface area contributed by atoms with Crippen LogP contribution in [0.25, 0.3) is 0 Å². The van der Waals surface area contributed by atoms with Crippen LogP contribution in [0.15, 0.2) is 90.5 Å². The van der Waals surface area contributed by atoms with Crippen molar-refractivity contribution in [1.82, 2.24) is 4.90 Å². The van der Waals surface area contributed by atoms with Gasteiger partial charge in [-0.2, -0.15) is 0 Å². The Labute approximate surface area is 229 Å². The predicted molar refractivity (Wildman–Crippen MR) is 156 cm³/mol. The Morgan fingerprint density at radius 2 is 1.95 bits per heavy atom. The fraction of sp³-hybridized carbons (Fsp3) is 0.333. The molecule has 9 heteroatoms. The average Bonchev–Trinajstić information content (AvgIpc) is 3.38. The first-order valence-electron chi connectivity index (χ1n) is 13.1. The van der Waals surface area contributed by atoms with Crippen molar-refractivity contribution in [3.63, 3.8) is 0 Å². The van der Waals surface area contributed by atoms with Crippen molar-refractivity contribution in [3.05, 3.63) is 85.6 Å². The number of likely N-dealkylation sites (tertiary alicyclic amines) is 1. The van der Waals surface area contributed by atoms with Crippen molar-refractivity contribution in [2.24, 2.45) is 10.9 Å². The van der Waals surface area contributed by atoms with Gasteiger partial charge in [-0.05, 0) is 55.3 Å². The minimum atomic E-state index is -0.726. The molecule has 2 aromatic rings. The SMILES string of the molecule is C=CC(=O)Nc1cccc(OC(=C)/C(F)=C\N=C(Nc2ccc(NC3CCN(CCF)C3)cc2)C(C)CC)c1. The zero-order valence-electron chi connectivity index (χ0n) is 22.6. The lowest BCUT2D eigenvalue weighted by atomic mass is 10.1. The average molecular weight is 538 g/mol. The van der Waals surface area contributed by atoms with Gasteiger partial charge >= 0.3 is 0 Å². The van der Waals surface area contributed by atoms with E-state index in [9.17, 15) is 13.6 Å². The van der Waals surface area contributed by atoms with E-state index in [-0.39, 0.29) is 24.3 Å². The standard InChI is InChI=1S/C30H37F2N5O2/c1-5-21(3)30(36-24-12-10-23(11-13-24)34-26-14-16-37(20-26)17-15-31)33-19-28(32)22(4)39-27-9-7-8-25(18-27)35-29(38)6-2/h6-13,18-19,21,26,34H,2,4-5,14-17,20H2,1,3H3,(H,33,36)(H,35,38)/b28-19+. The van der Waals surface area contributed by atoms with E-state index in [0.29, 0.717) is 29.9 Å². The maximum atomic E-state index is 14.8. The number of anilines is 3. The Morgan fingerprint density at radius 3 is 2.64 bits per heavy atom. The van der Waals surface area contributed by atoms with Crippen LogP contribution in [0.3, 0.4) is 0 Å². The van der Waals surface area contributed by atoms with Gasteiger partial charge in [-0.15, -0.1) is 0 Å². The number of hydrogen-bond acceptors (Lipinski definition) is 5. The topological polar surface area (TPSA) is 78.0 Å². The molecular formula is C30H37F2N5O2. The van der Waals surface area contributed by atoms with Crippen molar-refractivity contribution in [1.29, 1.82) is 0 Å². The molecule has 1 saturated heterocycles. The molecule has 0 spiro atoms. The van der Waals surface area contributed by atoms with Gasteiger partial charge < -0.3 is 20.7 Å². The van der Waals surface area contributed by atoms with Crippen LogP contribution in [0.1, 0.15) is 26.7 Å². The fourth-order valence-corrected chi connectivity index (χ4v) is 4.00. The maximum absolute atomic E-state index is 14.8. The molecule has 208 valence electrons. The smallest absolute Gasteiger partial charge is 0.247 e. The number of allylic oxidation sites excluding steroid dienone is 1. The van der Waals surface area contributed by atoms with Crippen LogP contribution >= 0.6 is 0 Å². The van der Waals surface area contributed by atoms with Crippen LogP contribution in [0, 0.1) is 5.92 Å². The van der Waals surface area contributed by atoms with Crippen molar-refractivity contribution in [2.75, 3.05) is 42.3 Å². The molecule has 0 saturated carbocycles. The summed E-state index contributed by atoms with van der Waals surface area (Å²) in [7, 11) is 0. The third-order valence-corrected chi connectivity index (χ3v) is 6.39. The van der Waals surface area contributed by atoms with E-state index in [0.717, 1.165) is 49.6 Å². The monoisotopic (exact) mass is 537 g/mol. The number of halogens is 2. The first kappa shape index (κ1) is 29.6. The molecule has 1 fully saturated rings. The van der Waals surface area contributed by atoms with Gasteiger partial charge in [0.05, 0.1) is 6.20 Å². The number of carbonyl (C=O) groups is 1. The first-order chi connectivity index (χ1) is 18.8. The summed E-state index contributed by atoms with van der Waals surface area (Å²) in [5.74, 6) is -0.328. The van der Waals surface area contributed by atoms with Crippen LogP contribution in [0.5, 0.6) is 5.75 Å². The molecule has 0 bridgehead atoms. The number of hydrogen-bond donors (Lipinski definition) is 3. The summed E-state index contributed by atoms with van der Waals surface area (Å²) < 4.78 is 32.9. The largest absolute Gasteiger partial charge is 0.455 e. The minimum absolute atomic E-state index is 0.0474. The number of ether oxygens (including phenoxy) is 1. The number of nitrogens with one attached hydrogen (secondary N) is 3. The Hall–Kier alpha value is -3.98. The van der Waals surface area contributed by atoms with E-state index in [1.807, 2.05) is 38.1 Å². The summed E-state index contributed by atoms with van der Waals surface area (Å²) in [6.45, 7) is 13.0. The number of rotatable bonds is 13. The van der Waals surface area contributed by atoms with Crippen LogP contribution in [-0.2, 0) is 4.79 Å². The van der Waals surface area contributed by atoms with Crippen LogP contribution in [-0.4, -0.2) is 49.0 Å². The van der Waals surface area contributed by atoms with Crippen molar-refractivity contribution in [3.8, 4) is 5.75 Å². The Morgan fingerprint density at radius 1 is 1.21 bits per heavy atom. The van der Waals surface area contributed by atoms with Crippen LogP contribution < -0.4 is 20.7 Å². The van der Waals surface area contributed by atoms with Gasteiger partial charge in [0.2, 0.25) is 5.91 Å². The molecule has 39 heavy (non-hydrogen) atoms. The van der Waals surface area contributed by atoms with Crippen LogP contribution in [0.2, 0.25) is 0 Å². The summed E-state index contributed by atoms with van der Waals surface area (Å²) in [5.41, 5.74) is 2.30. The van der Waals surface area contributed by atoms with Crippen molar-refractivity contribution < 1.29 is 18.3 Å². The van der Waals surface area contributed by atoms with E-state index in [2.05, 4.69) is 39.0 Å². The van der Waals surface area contributed by atoms with E-state index < -0.39 is 5.83 Å². The minimum Gasteiger partial charge on any atom is -0.455 e. The highest BCUT2D eigenvalue weighted by molar-refractivity contribution is 5.99. The molecule has 3 rings (SSSR count). The van der Waals surface area contributed by atoms with E-state index in [1.54, 1.807) is 24.3 Å². The molecule has 2 unspecified atom stereocenters. The molecule has 0 aromatic heterocycles. The highest BCUT2D eigenvalue weighted by atomic mass is 19.1. The number of amidine groups is 1. The number of benzene rings is 2. The Bertz CT molecular complexity index is 1200. The van der Waals surface area contributed by atoms with E-state index in [4.69, 9.17) is 4.74 Å². The first-order valence-corrected chi connectivity index (χ1v) is 13.1. The zero-order valence-corrected chi connectivity index (χ0v) is 22.6. The molecule has 7 nitrogen and oxygen atoms in total. The maximum Gasteiger partial charge on any atom is 0.247 e. The zero-order chi connectivity index (χ0) is 28.2. The molecule has 2 atom stereocenters. The van der Waals surface area contributed by atoms with Gasteiger partial charge in [0.15, 0.2) is 11.6 Å². The van der Waals surface area contributed by atoms with Gasteiger partial charge in [0, 0.05) is 54.7 Å². The van der Waals surface area contributed by atoms with Gasteiger partial charge in [-0.3, -0.25) is 9.69 Å². The second-order valence-corrected chi connectivity index (χ2v) is 9.37. The van der Waals surface area contributed by atoms with Gasteiger partial charge in [-0.25, -0.2) is 13.8 Å². The lowest BCUT2D eigenvalue weighted by Gasteiger charge is -2.17. The second kappa shape index (κ2) is 14.8. The van der Waals surface area contributed by atoms with Gasteiger partial charge in [-0.1, -0.05) is 33.1 Å². The molecule has 1 aliphatic heterocycles. The molecule has 3 N–H and O–H groups in total. The molecule has 2 aromatic carbocycles.